The molecule has 4 aromatic carbocycles. The number of tetrazole rings is 1. The molecule has 0 aliphatic rings. The number of aromatic amines is 1. The summed E-state index contributed by atoms with van der Waals surface area (Å²) in [7, 11) is 0. The molecule has 6 N–H and O–H groups in total. The van der Waals surface area contributed by atoms with Crippen molar-refractivity contribution in [2.75, 3.05) is 6.54 Å². The summed E-state index contributed by atoms with van der Waals surface area (Å²) < 4.78 is 1.84. The molecule has 6 rings (SSSR count). The van der Waals surface area contributed by atoms with Crippen LogP contribution in [0.3, 0.4) is 0 Å². The Kier molecular flexibility index (Phi) is 14.9. The van der Waals surface area contributed by atoms with Crippen molar-refractivity contribution >= 4 is 35.3 Å². The summed E-state index contributed by atoms with van der Waals surface area (Å²) in [5, 5.41) is 39.0. The van der Waals surface area contributed by atoms with Gasteiger partial charge in [-0.05, 0) is 75.9 Å². The summed E-state index contributed by atoms with van der Waals surface area (Å²) in [5.74, 6) is -3.61. The van der Waals surface area contributed by atoms with Crippen molar-refractivity contribution in [2.24, 2.45) is 5.92 Å². The van der Waals surface area contributed by atoms with Crippen molar-refractivity contribution < 1.29 is 29.5 Å². The van der Waals surface area contributed by atoms with Crippen LogP contribution in [0.15, 0.2) is 103 Å². The van der Waals surface area contributed by atoms with Crippen LogP contribution in [-0.2, 0) is 33.8 Å². The van der Waals surface area contributed by atoms with Crippen LogP contribution in [0.5, 0.6) is 0 Å². The van der Waals surface area contributed by atoms with Gasteiger partial charge < -0.3 is 20.3 Å². The molecule has 0 aliphatic heterocycles. The highest BCUT2D eigenvalue weighted by molar-refractivity contribution is 6.32. The highest BCUT2D eigenvalue weighted by Gasteiger charge is 2.31. The number of hydrogen-bond donors (Lipinski definition) is 6. The Morgan fingerprint density at radius 1 is 0.800 bits per heavy atom. The Labute approximate surface area is 351 Å². The van der Waals surface area contributed by atoms with E-state index in [1.807, 2.05) is 95.6 Å². The number of unbranched alkanes of at least 4 members (excludes halogenated alkanes) is 2. The van der Waals surface area contributed by atoms with Crippen molar-refractivity contribution in [1.29, 1.82) is 0 Å². The Balaban J connectivity index is 1.05. The minimum atomic E-state index is -1.38. The molecular weight excluding hydrogens is 786 g/mol. The molecule has 0 fully saturated rings. The zero-order chi connectivity index (χ0) is 42.4. The van der Waals surface area contributed by atoms with Gasteiger partial charge in [-0.25, -0.2) is 20.4 Å². The first-order chi connectivity index (χ1) is 29.2. The van der Waals surface area contributed by atoms with Gasteiger partial charge in [0.15, 0.2) is 11.0 Å². The maximum Gasteiger partial charge on any atom is 0.326 e. The molecule has 0 radical (unpaired) electrons. The van der Waals surface area contributed by atoms with E-state index >= 15 is 0 Å². The van der Waals surface area contributed by atoms with Crippen LogP contribution < -0.4 is 16.1 Å². The second kappa shape index (κ2) is 20.8. The summed E-state index contributed by atoms with van der Waals surface area (Å²) >= 11 is 6.61. The first-order valence-electron chi connectivity index (χ1n) is 19.7. The fourth-order valence-electron chi connectivity index (χ4n) is 6.94. The molecule has 0 spiro atoms. The molecule has 2 unspecified atom stereocenters. The minimum absolute atomic E-state index is 0.0335. The first-order valence-corrected chi connectivity index (χ1v) is 20.1. The van der Waals surface area contributed by atoms with Crippen LogP contribution in [0.4, 0.5) is 0 Å². The first kappa shape index (κ1) is 42.9. The third-order valence-electron chi connectivity index (χ3n) is 10.2. The average molecular weight is 832 g/mol. The molecule has 0 bridgehead atoms. The summed E-state index contributed by atoms with van der Waals surface area (Å²) in [4.78, 5) is 56.2. The SMILES string of the molecule is CCCCc1nc(Cl)c(C(=O)NCCCCC(NC(=O)C(Cc2ccc(-c3ccccc3)cc2)C(=O)NO)C(=O)O)n1Cc1ccc(-c2ccccc2-c2nnn[nH]2)cc1. The van der Waals surface area contributed by atoms with E-state index in [0.29, 0.717) is 43.0 Å². The number of aryl methyl sites for hydroxylation is 1. The second-order valence-electron chi connectivity index (χ2n) is 14.3. The van der Waals surface area contributed by atoms with Gasteiger partial charge in [-0.15, -0.1) is 5.10 Å². The van der Waals surface area contributed by atoms with Crippen molar-refractivity contribution in [2.45, 2.75) is 64.5 Å². The van der Waals surface area contributed by atoms with E-state index in [9.17, 15) is 29.5 Å². The van der Waals surface area contributed by atoms with Gasteiger partial charge >= 0.3 is 5.97 Å². The van der Waals surface area contributed by atoms with Gasteiger partial charge in [0.1, 0.15) is 23.5 Å². The van der Waals surface area contributed by atoms with Crippen LogP contribution in [0.1, 0.15) is 66.5 Å². The number of H-pyrrole nitrogens is 1. The number of hydrogen-bond acceptors (Lipinski definition) is 9. The Morgan fingerprint density at radius 3 is 2.13 bits per heavy atom. The van der Waals surface area contributed by atoms with Crippen molar-refractivity contribution in [3.8, 4) is 33.6 Å². The van der Waals surface area contributed by atoms with E-state index in [4.69, 9.17) is 11.6 Å². The lowest BCUT2D eigenvalue weighted by Crippen LogP contribution is -2.48. The lowest BCUT2D eigenvalue weighted by molar-refractivity contribution is -0.146. The smallest absolute Gasteiger partial charge is 0.326 e. The maximum atomic E-state index is 13.6. The number of rotatable bonds is 20. The molecule has 16 heteroatoms. The van der Waals surface area contributed by atoms with Crippen molar-refractivity contribution in [3.63, 3.8) is 0 Å². The third-order valence-corrected chi connectivity index (χ3v) is 10.4. The average Bonchev–Trinajstić information content (AvgIpc) is 3.92. The van der Waals surface area contributed by atoms with Crippen molar-refractivity contribution in [1.82, 2.24) is 46.3 Å². The van der Waals surface area contributed by atoms with Gasteiger partial charge in [0, 0.05) is 25.1 Å². The number of nitrogens with one attached hydrogen (secondary N) is 4. The summed E-state index contributed by atoms with van der Waals surface area (Å²) in [6.45, 7) is 2.63. The van der Waals surface area contributed by atoms with Crippen LogP contribution >= 0.6 is 11.6 Å². The quantitative estimate of drug-likeness (QED) is 0.0219. The maximum absolute atomic E-state index is 13.6. The van der Waals surface area contributed by atoms with Gasteiger partial charge in [0.25, 0.3) is 11.8 Å². The number of benzene rings is 4. The number of amides is 3. The molecule has 2 atom stereocenters. The zero-order valence-electron chi connectivity index (χ0n) is 33.0. The largest absolute Gasteiger partial charge is 0.480 e. The molecule has 0 aliphatic carbocycles. The Bertz CT molecular complexity index is 2370. The third kappa shape index (κ3) is 10.9. The van der Waals surface area contributed by atoms with E-state index in [2.05, 4.69) is 43.2 Å². The molecule has 310 valence electrons. The molecule has 3 amide bonds. The molecule has 6 aromatic rings. The van der Waals surface area contributed by atoms with Gasteiger partial charge in [0.2, 0.25) is 5.91 Å². The number of carboxylic acids is 1. The molecule has 0 saturated heterocycles. The summed E-state index contributed by atoms with van der Waals surface area (Å²) in [6.07, 6.45) is 3.10. The predicted molar refractivity (Wildman–Crippen MR) is 225 cm³/mol. The van der Waals surface area contributed by atoms with Crippen LogP contribution in [0.25, 0.3) is 33.6 Å². The van der Waals surface area contributed by atoms with E-state index < -0.39 is 35.7 Å². The van der Waals surface area contributed by atoms with E-state index in [-0.39, 0.29) is 30.2 Å². The van der Waals surface area contributed by atoms with E-state index in [1.165, 1.54) is 5.48 Å². The number of aromatic nitrogens is 6. The number of hydroxylamine groups is 1. The molecule has 2 aromatic heterocycles. The minimum Gasteiger partial charge on any atom is -0.480 e. The van der Waals surface area contributed by atoms with Gasteiger partial charge in [0.05, 0.1) is 0 Å². The summed E-state index contributed by atoms with van der Waals surface area (Å²) in [6, 6.07) is 31.5. The number of aliphatic carboxylic acids is 1. The normalized spacial score (nSPS) is 12.1. The number of carboxylic acid groups (broad SMARTS) is 1. The lowest BCUT2D eigenvalue weighted by Gasteiger charge is -2.19. The van der Waals surface area contributed by atoms with E-state index in [0.717, 1.165) is 46.2 Å². The highest BCUT2D eigenvalue weighted by atomic mass is 35.5. The van der Waals surface area contributed by atoms with Gasteiger partial charge in [-0.3, -0.25) is 19.6 Å². The standard InChI is InChI=1S/C44H46ClN9O6/c1-2-3-16-37-48-39(45)38(54(37)27-29-19-23-32(24-20-29)33-13-7-8-14-34(33)40-49-52-53-50-40)43(57)46-25-10-9-15-36(44(58)59)47-41(55)35(42(56)51-60)26-28-17-21-31(22-18-28)30-11-5-4-6-12-30/h4-8,11-14,17-24,35-36,60H,2-3,9-10,15-16,25-27H2,1H3,(H,46,57)(H,47,55)(H,51,56)(H,58,59)(H,49,50,52,53). The molecule has 0 saturated carbocycles. The molecule has 2 heterocycles. The summed E-state index contributed by atoms with van der Waals surface area (Å²) in [5.41, 5.74) is 8.06. The second-order valence-corrected chi connectivity index (χ2v) is 14.7. The fourth-order valence-corrected chi connectivity index (χ4v) is 7.22. The van der Waals surface area contributed by atoms with Crippen molar-refractivity contribution in [3.05, 3.63) is 131 Å². The number of nitrogens with zero attached hydrogens (tertiary/aromatic N) is 5. The number of carbonyl (C=O) groups excluding carboxylic acids is 3. The molecule has 15 nitrogen and oxygen atoms in total. The highest BCUT2D eigenvalue weighted by Crippen LogP contribution is 2.30. The Hall–Kier alpha value is -6.71. The Morgan fingerprint density at radius 2 is 1.47 bits per heavy atom. The van der Waals surface area contributed by atoms with Crippen LogP contribution in [0, 0.1) is 5.92 Å². The van der Waals surface area contributed by atoms with Gasteiger partial charge in [-0.2, -0.15) is 0 Å². The van der Waals surface area contributed by atoms with Crippen LogP contribution in [0.2, 0.25) is 5.15 Å². The molecule has 60 heavy (non-hydrogen) atoms. The number of halogens is 1. The predicted octanol–water partition coefficient (Wildman–Crippen LogP) is 6.28. The monoisotopic (exact) mass is 831 g/mol. The van der Waals surface area contributed by atoms with Crippen LogP contribution in [-0.4, -0.2) is 76.8 Å². The fraction of sp³-hybridized carbons (Fsp3) is 0.273. The number of imidazole rings is 1. The lowest BCUT2D eigenvalue weighted by atomic mass is 9.95. The molecular formula is C44H46ClN9O6. The topological polar surface area (TPSA) is 217 Å². The number of carbonyl (C=O) groups is 4. The zero-order valence-corrected chi connectivity index (χ0v) is 33.7. The van der Waals surface area contributed by atoms with E-state index in [1.54, 1.807) is 12.1 Å². The van der Waals surface area contributed by atoms with Gasteiger partial charge in [-0.1, -0.05) is 128 Å².